The van der Waals surface area contributed by atoms with Crippen molar-refractivity contribution in [2.45, 2.75) is 53.4 Å². The van der Waals surface area contributed by atoms with Crippen LogP contribution in [-0.2, 0) is 17.6 Å². The Hall–Kier alpha value is -1.72. The molecule has 1 rings (SSSR count). The number of nitrogens with zero attached hydrogens (tertiary/aromatic N) is 3. The second kappa shape index (κ2) is 7.17. The van der Waals surface area contributed by atoms with Crippen LogP contribution in [0.5, 0.6) is 0 Å². The van der Waals surface area contributed by atoms with Gasteiger partial charge in [0.2, 0.25) is 5.95 Å². The molecule has 1 aromatic rings. The fraction of sp³-hybridized carbons (Fsp3) is 0.714. The van der Waals surface area contributed by atoms with Crippen molar-refractivity contribution >= 4 is 11.9 Å². The Bertz CT molecular complexity index is 458. The summed E-state index contributed by atoms with van der Waals surface area (Å²) < 4.78 is 0. The molecule has 2 N–H and O–H groups in total. The van der Waals surface area contributed by atoms with Gasteiger partial charge in [-0.05, 0) is 25.7 Å². The first-order valence-electron chi connectivity index (χ1n) is 7.22. The number of aryl methyl sites for hydroxylation is 2. The second-order valence-corrected chi connectivity index (χ2v) is 4.88. The van der Waals surface area contributed by atoms with Gasteiger partial charge in [0.15, 0.2) is 0 Å². The number of carboxylic acid groups (broad SMARTS) is 1. The maximum absolute atomic E-state index is 11.4. The zero-order valence-electron chi connectivity index (χ0n) is 12.7. The SMILES string of the molecule is CCc1nnc(NCC(CC)(CC)C(=O)O)nc1CC. The van der Waals surface area contributed by atoms with E-state index >= 15 is 0 Å². The summed E-state index contributed by atoms with van der Waals surface area (Å²) in [5.41, 5.74) is 1.03. The van der Waals surface area contributed by atoms with Crippen LogP contribution < -0.4 is 5.32 Å². The van der Waals surface area contributed by atoms with Gasteiger partial charge in [-0.3, -0.25) is 4.79 Å². The second-order valence-electron chi connectivity index (χ2n) is 4.88. The summed E-state index contributed by atoms with van der Waals surface area (Å²) in [6.07, 6.45) is 2.71. The van der Waals surface area contributed by atoms with Gasteiger partial charge in [-0.1, -0.05) is 27.7 Å². The monoisotopic (exact) mass is 280 g/mol. The van der Waals surface area contributed by atoms with Crippen molar-refractivity contribution in [2.75, 3.05) is 11.9 Å². The number of nitrogens with one attached hydrogen (secondary N) is 1. The van der Waals surface area contributed by atoms with E-state index in [0.717, 1.165) is 24.2 Å². The first kappa shape index (κ1) is 16.3. The number of anilines is 1. The van der Waals surface area contributed by atoms with Gasteiger partial charge in [0.05, 0.1) is 16.8 Å². The predicted molar refractivity (Wildman–Crippen MR) is 77.7 cm³/mol. The number of carbonyl (C=O) groups is 1. The van der Waals surface area contributed by atoms with Crippen molar-refractivity contribution in [3.05, 3.63) is 11.4 Å². The molecule has 0 amide bonds. The molecule has 0 aliphatic carbocycles. The van der Waals surface area contributed by atoms with Crippen LogP contribution in [0.3, 0.4) is 0 Å². The van der Waals surface area contributed by atoms with Crippen LogP contribution in [-0.4, -0.2) is 32.8 Å². The van der Waals surface area contributed by atoms with E-state index in [1.165, 1.54) is 0 Å². The van der Waals surface area contributed by atoms with Gasteiger partial charge in [-0.2, -0.15) is 5.10 Å². The van der Waals surface area contributed by atoms with Crippen molar-refractivity contribution in [3.63, 3.8) is 0 Å². The lowest BCUT2D eigenvalue weighted by Gasteiger charge is -2.26. The van der Waals surface area contributed by atoms with E-state index in [0.29, 0.717) is 25.3 Å². The Morgan fingerprint density at radius 2 is 1.70 bits per heavy atom. The fourth-order valence-electron chi connectivity index (χ4n) is 2.14. The van der Waals surface area contributed by atoms with Crippen molar-refractivity contribution < 1.29 is 9.90 Å². The van der Waals surface area contributed by atoms with Gasteiger partial charge >= 0.3 is 5.97 Å². The molecule has 0 saturated heterocycles. The van der Waals surface area contributed by atoms with Gasteiger partial charge in [0, 0.05) is 6.54 Å². The molecule has 1 heterocycles. The molecule has 0 aromatic carbocycles. The van der Waals surface area contributed by atoms with Gasteiger partial charge in [0.1, 0.15) is 0 Å². The highest BCUT2D eigenvalue weighted by Gasteiger charge is 2.34. The van der Waals surface area contributed by atoms with Gasteiger partial charge in [-0.25, -0.2) is 4.98 Å². The van der Waals surface area contributed by atoms with E-state index in [-0.39, 0.29) is 0 Å². The minimum Gasteiger partial charge on any atom is -0.481 e. The summed E-state index contributed by atoms with van der Waals surface area (Å²) >= 11 is 0. The minimum atomic E-state index is -0.788. The molecule has 0 aliphatic heterocycles. The number of rotatable bonds is 8. The first-order valence-corrected chi connectivity index (χ1v) is 7.22. The average Bonchev–Trinajstić information content (AvgIpc) is 2.48. The summed E-state index contributed by atoms with van der Waals surface area (Å²) in [5.74, 6) is -0.379. The van der Waals surface area contributed by atoms with E-state index in [1.54, 1.807) is 0 Å². The highest BCUT2D eigenvalue weighted by atomic mass is 16.4. The molecular weight excluding hydrogens is 256 g/mol. The van der Waals surface area contributed by atoms with Gasteiger partial charge in [-0.15, -0.1) is 5.10 Å². The summed E-state index contributed by atoms with van der Waals surface area (Å²) in [6, 6.07) is 0. The quantitative estimate of drug-likeness (QED) is 0.759. The van der Waals surface area contributed by atoms with E-state index in [2.05, 4.69) is 20.5 Å². The normalized spacial score (nSPS) is 11.4. The van der Waals surface area contributed by atoms with Crippen LogP contribution in [0.4, 0.5) is 5.95 Å². The number of carboxylic acids is 1. The number of aromatic nitrogens is 3. The van der Waals surface area contributed by atoms with Crippen LogP contribution in [0.2, 0.25) is 0 Å². The first-order chi connectivity index (χ1) is 9.52. The molecule has 0 spiro atoms. The van der Waals surface area contributed by atoms with Crippen LogP contribution in [0.15, 0.2) is 0 Å². The Morgan fingerprint density at radius 3 is 2.15 bits per heavy atom. The Labute approximate surface area is 120 Å². The highest BCUT2D eigenvalue weighted by Crippen LogP contribution is 2.26. The van der Waals surface area contributed by atoms with Gasteiger partial charge < -0.3 is 10.4 Å². The molecule has 0 unspecified atom stereocenters. The highest BCUT2D eigenvalue weighted by molar-refractivity contribution is 5.75. The molecule has 6 nitrogen and oxygen atoms in total. The molecule has 0 aliphatic rings. The summed E-state index contributed by atoms with van der Waals surface area (Å²) in [6.45, 7) is 8.12. The standard InChI is InChI=1S/C14H24N4O2/c1-5-10-11(6-2)17-18-13(16-10)15-9-14(7-3,8-4)12(19)20/h5-9H2,1-4H3,(H,19,20)(H,15,16,18). The van der Waals surface area contributed by atoms with Crippen LogP contribution in [0.25, 0.3) is 0 Å². The summed E-state index contributed by atoms with van der Waals surface area (Å²) in [7, 11) is 0. The predicted octanol–water partition coefficient (Wildman–Crippen LogP) is 2.30. The maximum Gasteiger partial charge on any atom is 0.311 e. The lowest BCUT2D eigenvalue weighted by Crippen LogP contribution is -2.37. The van der Waals surface area contributed by atoms with E-state index in [9.17, 15) is 9.90 Å². The van der Waals surface area contributed by atoms with E-state index in [1.807, 2.05) is 27.7 Å². The molecule has 6 heteroatoms. The molecule has 0 fully saturated rings. The minimum absolute atomic E-state index is 0.311. The largest absolute Gasteiger partial charge is 0.481 e. The van der Waals surface area contributed by atoms with Crippen molar-refractivity contribution in [1.29, 1.82) is 0 Å². The summed E-state index contributed by atoms with van der Waals surface area (Å²) in [5, 5.41) is 20.6. The van der Waals surface area contributed by atoms with E-state index < -0.39 is 11.4 Å². The Morgan fingerprint density at radius 1 is 1.10 bits per heavy atom. The summed E-state index contributed by atoms with van der Waals surface area (Å²) in [4.78, 5) is 15.8. The zero-order chi connectivity index (χ0) is 15.2. The molecule has 0 atom stereocenters. The van der Waals surface area contributed by atoms with Crippen LogP contribution in [0.1, 0.15) is 51.9 Å². The number of aliphatic carboxylic acids is 1. The number of hydrogen-bond donors (Lipinski definition) is 2. The Kier molecular flexibility index (Phi) is 5.85. The molecular formula is C14H24N4O2. The maximum atomic E-state index is 11.4. The topological polar surface area (TPSA) is 88.0 Å². The molecule has 0 bridgehead atoms. The fourth-order valence-corrected chi connectivity index (χ4v) is 2.14. The van der Waals surface area contributed by atoms with Crippen molar-refractivity contribution in [2.24, 2.45) is 5.41 Å². The molecule has 112 valence electrons. The molecule has 1 aromatic heterocycles. The molecule has 20 heavy (non-hydrogen) atoms. The zero-order valence-corrected chi connectivity index (χ0v) is 12.7. The lowest BCUT2D eigenvalue weighted by atomic mass is 9.82. The smallest absolute Gasteiger partial charge is 0.311 e. The van der Waals surface area contributed by atoms with Crippen molar-refractivity contribution in [3.8, 4) is 0 Å². The third-order valence-electron chi connectivity index (χ3n) is 3.90. The molecule has 0 saturated carbocycles. The van der Waals surface area contributed by atoms with Crippen LogP contribution >= 0.6 is 0 Å². The third kappa shape index (κ3) is 3.43. The average molecular weight is 280 g/mol. The van der Waals surface area contributed by atoms with E-state index in [4.69, 9.17) is 0 Å². The third-order valence-corrected chi connectivity index (χ3v) is 3.90. The molecule has 0 radical (unpaired) electrons. The van der Waals surface area contributed by atoms with Crippen LogP contribution in [0, 0.1) is 5.41 Å². The van der Waals surface area contributed by atoms with Gasteiger partial charge in [0.25, 0.3) is 0 Å². The number of hydrogen-bond acceptors (Lipinski definition) is 5. The Balaban J connectivity index is 2.86. The van der Waals surface area contributed by atoms with Crippen molar-refractivity contribution in [1.82, 2.24) is 15.2 Å². The lowest BCUT2D eigenvalue weighted by molar-refractivity contribution is -0.148.